The van der Waals surface area contributed by atoms with E-state index in [0.29, 0.717) is 12.4 Å². The second-order valence-electron chi connectivity index (χ2n) is 3.06. The SMILES string of the molecule is CCOc1ccc(S(=O)(=O)CC(=O)O)cc1. The zero-order chi connectivity index (χ0) is 12.2. The number of carboxylic acids is 1. The van der Waals surface area contributed by atoms with Crippen molar-refractivity contribution < 1.29 is 23.1 Å². The molecule has 0 aliphatic rings. The third-order valence-electron chi connectivity index (χ3n) is 1.81. The lowest BCUT2D eigenvalue weighted by molar-refractivity contribution is -0.134. The molecule has 0 amide bonds. The number of hydrogen-bond acceptors (Lipinski definition) is 4. The molecular weight excluding hydrogens is 232 g/mol. The minimum atomic E-state index is -3.75. The summed E-state index contributed by atoms with van der Waals surface area (Å²) in [5.74, 6) is -1.72. The highest BCUT2D eigenvalue weighted by Gasteiger charge is 2.18. The maximum Gasteiger partial charge on any atom is 0.319 e. The fourth-order valence-corrected chi connectivity index (χ4v) is 2.20. The summed E-state index contributed by atoms with van der Waals surface area (Å²) in [7, 11) is -3.75. The third kappa shape index (κ3) is 3.23. The molecule has 0 aromatic heterocycles. The largest absolute Gasteiger partial charge is 0.494 e. The van der Waals surface area contributed by atoms with E-state index in [1.54, 1.807) is 0 Å². The second kappa shape index (κ2) is 4.98. The van der Waals surface area contributed by atoms with Crippen LogP contribution in [0, 0.1) is 0 Å². The molecule has 0 aliphatic heterocycles. The van der Waals surface area contributed by atoms with Gasteiger partial charge in [-0.25, -0.2) is 8.42 Å². The molecule has 5 nitrogen and oxygen atoms in total. The van der Waals surface area contributed by atoms with Gasteiger partial charge in [-0.2, -0.15) is 0 Å². The molecule has 0 atom stereocenters. The van der Waals surface area contributed by atoms with Gasteiger partial charge in [0.2, 0.25) is 0 Å². The van der Waals surface area contributed by atoms with Crippen molar-refractivity contribution in [3.05, 3.63) is 24.3 Å². The molecule has 0 spiro atoms. The Bertz CT molecular complexity index is 460. The molecule has 0 saturated heterocycles. The van der Waals surface area contributed by atoms with Gasteiger partial charge in [-0.05, 0) is 31.2 Å². The average Bonchev–Trinajstić information content (AvgIpc) is 2.17. The molecule has 1 aromatic carbocycles. The standard InChI is InChI=1S/C10H12O5S/c1-2-15-8-3-5-9(6-4-8)16(13,14)7-10(11)12/h3-6H,2,7H2,1H3,(H,11,12). The van der Waals surface area contributed by atoms with Gasteiger partial charge in [-0.1, -0.05) is 0 Å². The highest BCUT2D eigenvalue weighted by Crippen LogP contribution is 2.16. The van der Waals surface area contributed by atoms with Crippen LogP contribution in [0.1, 0.15) is 6.92 Å². The first-order chi connectivity index (χ1) is 7.45. The Morgan fingerprint density at radius 2 is 1.88 bits per heavy atom. The van der Waals surface area contributed by atoms with Crippen LogP contribution in [0.25, 0.3) is 0 Å². The highest BCUT2D eigenvalue weighted by atomic mass is 32.2. The summed E-state index contributed by atoms with van der Waals surface area (Å²) in [6, 6.07) is 5.67. The number of ether oxygens (including phenoxy) is 1. The smallest absolute Gasteiger partial charge is 0.319 e. The third-order valence-corrected chi connectivity index (χ3v) is 3.42. The summed E-state index contributed by atoms with van der Waals surface area (Å²) >= 11 is 0. The number of aliphatic carboxylic acids is 1. The van der Waals surface area contributed by atoms with Crippen LogP contribution in [0.4, 0.5) is 0 Å². The Labute approximate surface area is 93.6 Å². The van der Waals surface area contributed by atoms with Gasteiger partial charge in [0.15, 0.2) is 15.6 Å². The minimum absolute atomic E-state index is 0.0154. The van der Waals surface area contributed by atoms with E-state index in [4.69, 9.17) is 9.84 Å². The van der Waals surface area contributed by atoms with Crippen LogP contribution in [-0.4, -0.2) is 31.9 Å². The summed E-state index contributed by atoms with van der Waals surface area (Å²) in [5, 5.41) is 8.45. The summed E-state index contributed by atoms with van der Waals surface area (Å²) in [6.45, 7) is 2.30. The lowest BCUT2D eigenvalue weighted by Crippen LogP contribution is -2.15. The van der Waals surface area contributed by atoms with E-state index in [0.717, 1.165) is 0 Å². The van der Waals surface area contributed by atoms with Crippen LogP contribution >= 0.6 is 0 Å². The first-order valence-electron chi connectivity index (χ1n) is 4.63. The highest BCUT2D eigenvalue weighted by molar-refractivity contribution is 7.92. The van der Waals surface area contributed by atoms with Crippen LogP contribution in [0.2, 0.25) is 0 Å². The monoisotopic (exact) mass is 244 g/mol. The summed E-state index contributed by atoms with van der Waals surface area (Å²) in [4.78, 5) is 10.3. The molecule has 0 aliphatic carbocycles. The van der Waals surface area contributed by atoms with E-state index >= 15 is 0 Å². The van der Waals surface area contributed by atoms with Crippen molar-refractivity contribution in [3.8, 4) is 5.75 Å². The molecule has 6 heteroatoms. The van der Waals surface area contributed by atoms with Crippen molar-refractivity contribution in [1.29, 1.82) is 0 Å². The maximum absolute atomic E-state index is 11.5. The predicted molar refractivity (Wildman–Crippen MR) is 57.3 cm³/mol. The Balaban J connectivity index is 2.93. The van der Waals surface area contributed by atoms with Gasteiger partial charge < -0.3 is 9.84 Å². The zero-order valence-electron chi connectivity index (χ0n) is 8.71. The molecule has 0 bridgehead atoms. The quantitative estimate of drug-likeness (QED) is 0.833. The second-order valence-corrected chi connectivity index (χ2v) is 5.05. The first-order valence-corrected chi connectivity index (χ1v) is 6.28. The van der Waals surface area contributed by atoms with Gasteiger partial charge in [0.05, 0.1) is 11.5 Å². The number of carbonyl (C=O) groups is 1. The van der Waals surface area contributed by atoms with Gasteiger partial charge in [-0.15, -0.1) is 0 Å². The van der Waals surface area contributed by atoms with Crippen molar-refractivity contribution in [2.45, 2.75) is 11.8 Å². The average molecular weight is 244 g/mol. The molecule has 16 heavy (non-hydrogen) atoms. The van der Waals surface area contributed by atoms with E-state index in [9.17, 15) is 13.2 Å². The number of carboxylic acid groups (broad SMARTS) is 1. The molecule has 88 valence electrons. The minimum Gasteiger partial charge on any atom is -0.494 e. The van der Waals surface area contributed by atoms with E-state index in [1.807, 2.05) is 6.92 Å². The molecule has 0 heterocycles. The molecule has 0 saturated carbocycles. The number of rotatable bonds is 5. The number of sulfone groups is 1. The summed E-state index contributed by atoms with van der Waals surface area (Å²) < 4.78 is 28.1. The lowest BCUT2D eigenvalue weighted by Gasteiger charge is -2.04. The fourth-order valence-electron chi connectivity index (χ4n) is 1.16. The summed E-state index contributed by atoms with van der Waals surface area (Å²) in [6.07, 6.45) is 0. The van der Waals surface area contributed by atoms with Gasteiger partial charge in [-0.3, -0.25) is 4.79 Å². The predicted octanol–water partition coefficient (Wildman–Crippen LogP) is 0.944. The van der Waals surface area contributed by atoms with Crippen molar-refractivity contribution in [3.63, 3.8) is 0 Å². The Hall–Kier alpha value is -1.56. The molecule has 0 fully saturated rings. The van der Waals surface area contributed by atoms with Crippen molar-refractivity contribution in [1.82, 2.24) is 0 Å². The Kier molecular flexibility index (Phi) is 3.89. The molecule has 1 aromatic rings. The molecule has 0 radical (unpaired) electrons. The van der Waals surface area contributed by atoms with E-state index in [-0.39, 0.29) is 4.90 Å². The van der Waals surface area contributed by atoms with E-state index < -0.39 is 21.6 Å². The molecular formula is C10H12O5S. The Morgan fingerprint density at radius 3 is 2.31 bits per heavy atom. The zero-order valence-corrected chi connectivity index (χ0v) is 9.53. The lowest BCUT2D eigenvalue weighted by atomic mass is 10.3. The molecule has 1 N–H and O–H groups in total. The van der Waals surface area contributed by atoms with Gasteiger partial charge in [0, 0.05) is 0 Å². The fraction of sp³-hybridized carbons (Fsp3) is 0.300. The van der Waals surface area contributed by atoms with Crippen LogP contribution in [0.3, 0.4) is 0 Å². The van der Waals surface area contributed by atoms with E-state index in [2.05, 4.69) is 0 Å². The van der Waals surface area contributed by atoms with Gasteiger partial charge >= 0.3 is 5.97 Å². The van der Waals surface area contributed by atoms with Gasteiger partial charge in [0.25, 0.3) is 0 Å². The topological polar surface area (TPSA) is 80.7 Å². The van der Waals surface area contributed by atoms with Crippen LogP contribution < -0.4 is 4.74 Å². The van der Waals surface area contributed by atoms with Crippen LogP contribution in [-0.2, 0) is 14.6 Å². The van der Waals surface area contributed by atoms with Crippen LogP contribution in [0.5, 0.6) is 5.75 Å². The maximum atomic E-state index is 11.5. The normalized spacial score (nSPS) is 11.1. The van der Waals surface area contributed by atoms with Crippen molar-refractivity contribution in [2.75, 3.05) is 12.4 Å². The van der Waals surface area contributed by atoms with Crippen molar-refractivity contribution >= 4 is 15.8 Å². The van der Waals surface area contributed by atoms with E-state index in [1.165, 1.54) is 24.3 Å². The molecule has 0 unspecified atom stereocenters. The van der Waals surface area contributed by atoms with Crippen LogP contribution in [0.15, 0.2) is 29.2 Å². The number of benzene rings is 1. The molecule has 1 rings (SSSR count). The van der Waals surface area contributed by atoms with Gasteiger partial charge in [0.1, 0.15) is 5.75 Å². The number of hydrogen-bond donors (Lipinski definition) is 1. The Morgan fingerprint density at radius 1 is 1.31 bits per heavy atom. The summed E-state index contributed by atoms with van der Waals surface area (Å²) in [5.41, 5.74) is 0. The first kappa shape index (κ1) is 12.5. The van der Waals surface area contributed by atoms with Crippen molar-refractivity contribution in [2.24, 2.45) is 0 Å².